The lowest BCUT2D eigenvalue weighted by atomic mass is 9.69. The van der Waals surface area contributed by atoms with Gasteiger partial charge in [-0.3, -0.25) is 0 Å². The number of epoxide rings is 1. The van der Waals surface area contributed by atoms with Crippen LogP contribution in [-0.4, -0.2) is 58.8 Å². The van der Waals surface area contributed by atoms with Crippen molar-refractivity contribution in [2.75, 3.05) is 35.0 Å². The molecule has 7 heteroatoms. The number of hydrogen-bond acceptors (Lipinski definition) is 7. The molecule has 33 heavy (non-hydrogen) atoms. The monoisotopic (exact) mass is 458 g/mol. The molecule has 1 aromatic rings. The van der Waals surface area contributed by atoms with Gasteiger partial charge in [-0.15, -0.1) is 0 Å². The molecule has 0 unspecified atom stereocenters. The van der Waals surface area contributed by atoms with Crippen molar-refractivity contribution in [2.45, 2.75) is 56.3 Å². The molecule has 1 saturated carbocycles. The van der Waals surface area contributed by atoms with Crippen molar-refractivity contribution < 1.29 is 33.2 Å². The lowest BCUT2D eigenvalue weighted by Crippen LogP contribution is -2.50. The van der Waals surface area contributed by atoms with E-state index in [2.05, 4.69) is 6.08 Å². The van der Waals surface area contributed by atoms with Crippen LogP contribution in [0.2, 0.25) is 0 Å². The van der Waals surface area contributed by atoms with E-state index in [-0.39, 0.29) is 23.7 Å². The van der Waals surface area contributed by atoms with E-state index in [1.54, 1.807) is 46.6 Å². The van der Waals surface area contributed by atoms with Crippen molar-refractivity contribution in [1.82, 2.24) is 0 Å². The van der Waals surface area contributed by atoms with Gasteiger partial charge in [-0.05, 0) is 62.3 Å². The van der Waals surface area contributed by atoms with Crippen molar-refractivity contribution >= 4 is 12.0 Å². The fourth-order valence-corrected chi connectivity index (χ4v) is 5.30. The molecule has 7 nitrogen and oxygen atoms in total. The Labute approximate surface area is 195 Å². The van der Waals surface area contributed by atoms with Crippen LogP contribution in [0.4, 0.5) is 0 Å². The quantitative estimate of drug-likeness (QED) is 0.248. The first-order valence-electron chi connectivity index (χ1n) is 11.6. The van der Waals surface area contributed by atoms with Gasteiger partial charge in [0.15, 0.2) is 11.5 Å². The Kier molecular flexibility index (Phi) is 7.29. The second-order valence-corrected chi connectivity index (χ2v) is 8.86. The zero-order chi connectivity index (χ0) is 23.4. The second-order valence-electron chi connectivity index (χ2n) is 8.86. The SMILES string of the molecule is COc1cc(/C=C/C(=O)O[C@@H]2CC[C@]3(CO3)[C@@H](C3=CCCCC3)[C@@H]2OC)cc(OC)c1OC. The summed E-state index contributed by atoms with van der Waals surface area (Å²) >= 11 is 0. The van der Waals surface area contributed by atoms with Crippen LogP contribution in [0, 0.1) is 5.92 Å². The van der Waals surface area contributed by atoms with Crippen LogP contribution in [0.1, 0.15) is 44.1 Å². The number of esters is 1. The maximum Gasteiger partial charge on any atom is 0.331 e. The van der Waals surface area contributed by atoms with Crippen LogP contribution in [0.3, 0.4) is 0 Å². The molecule has 0 bridgehead atoms. The molecule has 2 aliphatic carbocycles. The average molecular weight is 459 g/mol. The lowest BCUT2D eigenvalue weighted by Gasteiger charge is -2.42. The summed E-state index contributed by atoms with van der Waals surface area (Å²) in [6.07, 6.45) is 11.1. The van der Waals surface area contributed by atoms with E-state index in [9.17, 15) is 4.79 Å². The van der Waals surface area contributed by atoms with E-state index in [4.69, 9.17) is 28.4 Å². The molecule has 1 saturated heterocycles. The minimum atomic E-state index is -0.403. The summed E-state index contributed by atoms with van der Waals surface area (Å²) in [4.78, 5) is 12.7. The first-order chi connectivity index (χ1) is 16.0. The Balaban J connectivity index is 1.48. The van der Waals surface area contributed by atoms with E-state index in [0.717, 1.165) is 37.9 Å². The van der Waals surface area contributed by atoms with E-state index in [1.807, 2.05) is 0 Å². The highest BCUT2D eigenvalue weighted by Crippen LogP contribution is 2.52. The van der Waals surface area contributed by atoms with Crippen LogP contribution in [0.15, 0.2) is 29.9 Å². The van der Waals surface area contributed by atoms with Crippen molar-refractivity contribution in [3.05, 3.63) is 35.4 Å². The summed E-state index contributed by atoms with van der Waals surface area (Å²) in [5.74, 6) is 1.29. The Hall–Kier alpha value is -2.51. The summed E-state index contributed by atoms with van der Waals surface area (Å²) in [5.41, 5.74) is 2.00. The van der Waals surface area contributed by atoms with Gasteiger partial charge >= 0.3 is 5.97 Å². The molecule has 0 aromatic heterocycles. The maximum atomic E-state index is 12.7. The van der Waals surface area contributed by atoms with Gasteiger partial charge in [-0.25, -0.2) is 4.79 Å². The average Bonchev–Trinajstić information content (AvgIpc) is 3.63. The summed E-state index contributed by atoms with van der Waals surface area (Å²) < 4.78 is 33.9. The number of carbonyl (C=O) groups excluding carboxylic acids is 1. The third-order valence-electron chi connectivity index (χ3n) is 6.99. The van der Waals surface area contributed by atoms with Crippen molar-refractivity contribution in [3.8, 4) is 17.2 Å². The molecular weight excluding hydrogens is 424 g/mol. The van der Waals surface area contributed by atoms with E-state index >= 15 is 0 Å². The molecule has 1 aromatic carbocycles. The highest BCUT2D eigenvalue weighted by Gasteiger charge is 2.60. The molecule has 1 heterocycles. The molecule has 2 fully saturated rings. The van der Waals surface area contributed by atoms with Crippen LogP contribution < -0.4 is 14.2 Å². The highest BCUT2D eigenvalue weighted by atomic mass is 16.6. The summed E-state index contributed by atoms with van der Waals surface area (Å²) in [6.45, 7) is 0.760. The number of ether oxygens (including phenoxy) is 6. The van der Waals surface area contributed by atoms with Crippen molar-refractivity contribution in [3.63, 3.8) is 0 Å². The third-order valence-corrected chi connectivity index (χ3v) is 6.99. The summed E-state index contributed by atoms with van der Waals surface area (Å²) in [6, 6.07) is 3.56. The number of hydrogen-bond donors (Lipinski definition) is 0. The van der Waals surface area contributed by atoms with Gasteiger partial charge in [0.2, 0.25) is 5.75 Å². The lowest BCUT2D eigenvalue weighted by molar-refractivity contribution is -0.160. The zero-order valence-electron chi connectivity index (χ0n) is 19.9. The Morgan fingerprint density at radius 1 is 1.09 bits per heavy atom. The zero-order valence-corrected chi connectivity index (χ0v) is 19.9. The van der Waals surface area contributed by atoms with Gasteiger partial charge in [0, 0.05) is 19.1 Å². The topological polar surface area (TPSA) is 75.8 Å². The van der Waals surface area contributed by atoms with Gasteiger partial charge < -0.3 is 28.4 Å². The van der Waals surface area contributed by atoms with E-state index in [1.165, 1.54) is 24.5 Å². The molecule has 1 aliphatic heterocycles. The number of benzene rings is 1. The summed E-state index contributed by atoms with van der Waals surface area (Å²) in [5, 5.41) is 0. The molecule has 0 radical (unpaired) electrons. The number of allylic oxidation sites excluding steroid dienone is 1. The molecule has 180 valence electrons. The van der Waals surface area contributed by atoms with E-state index < -0.39 is 5.97 Å². The fraction of sp³-hybridized carbons (Fsp3) is 0.577. The van der Waals surface area contributed by atoms with E-state index in [0.29, 0.717) is 17.2 Å². The van der Waals surface area contributed by atoms with Crippen LogP contribution >= 0.6 is 0 Å². The molecule has 4 rings (SSSR count). The highest BCUT2D eigenvalue weighted by molar-refractivity contribution is 5.87. The minimum Gasteiger partial charge on any atom is -0.493 e. The molecule has 4 atom stereocenters. The van der Waals surface area contributed by atoms with Crippen LogP contribution in [0.5, 0.6) is 17.2 Å². The number of rotatable bonds is 8. The van der Waals surface area contributed by atoms with Gasteiger partial charge in [-0.2, -0.15) is 0 Å². The van der Waals surface area contributed by atoms with Gasteiger partial charge in [0.25, 0.3) is 0 Å². The second kappa shape index (κ2) is 10.2. The first-order valence-corrected chi connectivity index (χ1v) is 11.6. The maximum absolute atomic E-state index is 12.7. The Morgan fingerprint density at radius 2 is 1.82 bits per heavy atom. The first kappa shape index (κ1) is 23.6. The number of carbonyl (C=O) groups is 1. The molecule has 1 spiro atoms. The normalized spacial score (nSPS) is 29.0. The predicted molar refractivity (Wildman–Crippen MR) is 124 cm³/mol. The van der Waals surface area contributed by atoms with Crippen LogP contribution in [-0.2, 0) is 19.0 Å². The fourth-order valence-electron chi connectivity index (χ4n) is 5.30. The van der Waals surface area contributed by atoms with Gasteiger partial charge in [-0.1, -0.05) is 11.6 Å². The largest absolute Gasteiger partial charge is 0.493 e. The molecule has 0 N–H and O–H groups in total. The third kappa shape index (κ3) is 4.89. The Bertz CT molecular complexity index is 890. The van der Waals surface area contributed by atoms with Gasteiger partial charge in [0.05, 0.1) is 27.9 Å². The smallest absolute Gasteiger partial charge is 0.331 e. The molecular formula is C26H34O7. The minimum absolute atomic E-state index is 0.140. The van der Waals surface area contributed by atoms with Crippen molar-refractivity contribution in [1.29, 1.82) is 0 Å². The standard InChI is InChI=1S/C26H34O7/c1-28-20-14-17(15-21(29-2)24(20)30-3)10-11-22(27)33-19-12-13-26(16-32-26)23(25(19)31-4)18-8-6-5-7-9-18/h8,10-11,14-15,19,23,25H,5-7,9,12-13,16H2,1-4H3/b11-10+/t19-,23+,25-,26+/m1/s1. The molecule has 0 amide bonds. The van der Waals surface area contributed by atoms with Crippen molar-refractivity contribution in [2.24, 2.45) is 5.92 Å². The number of methoxy groups -OCH3 is 4. The Morgan fingerprint density at radius 3 is 2.36 bits per heavy atom. The predicted octanol–water partition coefficient (Wildman–Crippen LogP) is 4.33. The van der Waals surface area contributed by atoms with Gasteiger partial charge in [0.1, 0.15) is 17.8 Å². The van der Waals surface area contributed by atoms with Crippen LogP contribution in [0.25, 0.3) is 6.08 Å². The molecule has 3 aliphatic rings. The summed E-state index contributed by atoms with van der Waals surface area (Å²) in [7, 11) is 6.37.